The van der Waals surface area contributed by atoms with Crippen molar-refractivity contribution in [2.45, 2.75) is 70.8 Å². The lowest BCUT2D eigenvalue weighted by molar-refractivity contribution is -0.131. The number of hydrogen-bond acceptors (Lipinski definition) is 4. The maximum Gasteiger partial charge on any atom is 0.224 e. The lowest BCUT2D eigenvalue weighted by Gasteiger charge is -2.40. The third kappa shape index (κ3) is 3.77. The van der Waals surface area contributed by atoms with Gasteiger partial charge in [0, 0.05) is 37.0 Å². The Morgan fingerprint density at radius 3 is 2.58 bits per heavy atom. The van der Waals surface area contributed by atoms with Crippen molar-refractivity contribution in [3.05, 3.63) is 23.8 Å². The Hall–Kier alpha value is -1.49. The fourth-order valence-corrected chi connectivity index (χ4v) is 4.30. The summed E-state index contributed by atoms with van der Waals surface area (Å²) in [5, 5.41) is 0. The van der Waals surface area contributed by atoms with E-state index in [4.69, 9.17) is 5.73 Å². The molecule has 0 spiro atoms. The number of nitrogens with zero attached hydrogens (tertiary/aromatic N) is 3. The van der Waals surface area contributed by atoms with Crippen molar-refractivity contribution in [2.75, 3.05) is 13.1 Å². The molecular weight excluding hydrogens is 300 g/mol. The number of piperidine rings is 1. The van der Waals surface area contributed by atoms with Gasteiger partial charge in [-0.2, -0.15) is 0 Å². The summed E-state index contributed by atoms with van der Waals surface area (Å²) in [6.07, 6.45) is 13.1. The molecule has 0 radical (unpaired) electrons. The molecule has 3 rings (SSSR count). The zero-order chi connectivity index (χ0) is 17.0. The van der Waals surface area contributed by atoms with E-state index in [1.165, 1.54) is 32.1 Å². The van der Waals surface area contributed by atoms with Gasteiger partial charge in [-0.05, 0) is 38.6 Å². The Morgan fingerprint density at radius 1 is 1.25 bits per heavy atom. The summed E-state index contributed by atoms with van der Waals surface area (Å²) in [6, 6.07) is 0. The highest BCUT2D eigenvalue weighted by atomic mass is 16.1. The molecule has 1 aromatic rings. The van der Waals surface area contributed by atoms with Crippen LogP contribution in [0.25, 0.3) is 0 Å². The van der Waals surface area contributed by atoms with Gasteiger partial charge in [0.15, 0.2) is 0 Å². The van der Waals surface area contributed by atoms with E-state index < -0.39 is 0 Å². The van der Waals surface area contributed by atoms with Gasteiger partial charge in [0.25, 0.3) is 0 Å². The van der Waals surface area contributed by atoms with E-state index >= 15 is 0 Å². The van der Waals surface area contributed by atoms with E-state index in [9.17, 15) is 4.79 Å². The minimum atomic E-state index is -0.360. The number of likely N-dealkylation sites (tertiary alicyclic amines) is 1. The number of primary amides is 1. The van der Waals surface area contributed by atoms with Crippen LogP contribution in [0.1, 0.15) is 75.6 Å². The van der Waals surface area contributed by atoms with Gasteiger partial charge in [-0.3, -0.25) is 9.69 Å². The fraction of sp³-hybridized carbons (Fsp3) is 0.737. The average Bonchev–Trinajstić information content (AvgIpc) is 2.63. The molecule has 24 heavy (non-hydrogen) atoms. The largest absolute Gasteiger partial charge is 0.369 e. The normalized spacial score (nSPS) is 26.4. The SMILES string of the molecule is CCC1(C(N)=O)CCCN(Cc2cnc(C3CCCCC3)nc2)C1. The number of aromatic nitrogens is 2. The first-order valence-corrected chi connectivity index (χ1v) is 9.46. The summed E-state index contributed by atoms with van der Waals surface area (Å²) >= 11 is 0. The first-order chi connectivity index (χ1) is 11.6. The second kappa shape index (κ2) is 7.60. The predicted molar refractivity (Wildman–Crippen MR) is 94.3 cm³/mol. The van der Waals surface area contributed by atoms with Crippen LogP contribution in [0.3, 0.4) is 0 Å². The van der Waals surface area contributed by atoms with Crippen LogP contribution >= 0.6 is 0 Å². The third-order valence-corrected chi connectivity index (χ3v) is 5.96. The van der Waals surface area contributed by atoms with Gasteiger partial charge < -0.3 is 5.73 Å². The van der Waals surface area contributed by atoms with E-state index in [-0.39, 0.29) is 11.3 Å². The summed E-state index contributed by atoms with van der Waals surface area (Å²) in [4.78, 5) is 23.5. The van der Waals surface area contributed by atoms with Gasteiger partial charge in [0.1, 0.15) is 5.82 Å². The molecule has 1 amide bonds. The zero-order valence-corrected chi connectivity index (χ0v) is 14.8. The molecule has 1 aliphatic carbocycles. The summed E-state index contributed by atoms with van der Waals surface area (Å²) in [5.41, 5.74) is 6.45. The van der Waals surface area contributed by atoms with Gasteiger partial charge in [0.05, 0.1) is 5.41 Å². The van der Waals surface area contributed by atoms with Crippen molar-refractivity contribution in [3.8, 4) is 0 Å². The van der Waals surface area contributed by atoms with Crippen molar-refractivity contribution in [1.29, 1.82) is 0 Å². The Labute approximate surface area is 145 Å². The summed E-state index contributed by atoms with van der Waals surface area (Å²) in [6.45, 7) is 4.64. The van der Waals surface area contributed by atoms with Crippen molar-refractivity contribution in [3.63, 3.8) is 0 Å². The summed E-state index contributed by atoms with van der Waals surface area (Å²) in [5.74, 6) is 1.40. The number of nitrogens with two attached hydrogens (primary N) is 1. The maximum absolute atomic E-state index is 11.9. The molecule has 5 heteroatoms. The Bertz CT molecular complexity index is 553. The predicted octanol–water partition coefficient (Wildman–Crippen LogP) is 3.00. The monoisotopic (exact) mass is 330 g/mol. The molecule has 2 aliphatic rings. The highest BCUT2D eigenvalue weighted by Gasteiger charge is 2.39. The van der Waals surface area contributed by atoms with Crippen LogP contribution in [0.4, 0.5) is 0 Å². The molecule has 1 aliphatic heterocycles. The standard InChI is InChI=1S/C19H30N4O/c1-2-19(18(20)24)9-6-10-23(14-19)13-15-11-21-17(22-12-15)16-7-4-3-5-8-16/h11-12,16H,2-10,13-14H2,1H3,(H2,20,24). The van der Waals surface area contributed by atoms with Crippen LogP contribution in [-0.4, -0.2) is 33.9 Å². The van der Waals surface area contributed by atoms with Crippen LogP contribution in [0.2, 0.25) is 0 Å². The minimum Gasteiger partial charge on any atom is -0.369 e. The molecule has 2 N–H and O–H groups in total. The first-order valence-electron chi connectivity index (χ1n) is 9.46. The Kier molecular flexibility index (Phi) is 5.49. The average molecular weight is 330 g/mol. The molecule has 1 saturated heterocycles. The van der Waals surface area contributed by atoms with Crippen LogP contribution in [0, 0.1) is 5.41 Å². The molecule has 0 bridgehead atoms. The molecule has 5 nitrogen and oxygen atoms in total. The zero-order valence-electron chi connectivity index (χ0n) is 14.8. The maximum atomic E-state index is 11.9. The molecule has 1 unspecified atom stereocenters. The van der Waals surface area contributed by atoms with Crippen molar-refractivity contribution >= 4 is 5.91 Å². The third-order valence-electron chi connectivity index (χ3n) is 5.96. The van der Waals surface area contributed by atoms with E-state index in [0.29, 0.717) is 5.92 Å². The topological polar surface area (TPSA) is 72.1 Å². The molecule has 2 fully saturated rings. The number of rotatable bonds is 5. The van der Waals surface area contributed by atoms with E-state index in [1.807, 2.05) is 12.4 Å². The van der Waals surface area contributed by atoms with Crippen LogP contribution < -0.4 is 5.73 Å². The number of amides is 1. The lowest BCUT2D eigenvalue weighted by atomic mass is 9.77. The second-order valence-electron chi connectivity index (χ2n) is 7.60. The van der Waals surface area contributed by atoms with Crippen molar-refractivity contribution < 1.29 is 4.79 Å². The molecule has 0 aromatic carbocycles. The van der Waals surface area contributed by atoms with E-state index in [2.05, 4.69) is 21.8 Å². The Morgan fingerprint density at radius 2 is 1.96 bits per heavy atom. The van der Waals surface area contributed by atoms with Crippen molar-refractivity contribution in [1.82, 2.24) is 14.9 Å². The fourth-order valence-electron chi connectivity index (χ4n) is 4.30. The Balaban J connectivity index is 1.62. The molecule has 132 valence electrons. The molecular formula is C19H30N4O. The quantitative estimate of drug-likeness (QED) is 0.901. The van der Waals surface area contributed by atoms with Gasteiger partial charge >= 0.3 is 0 Å². The van der Waals surface area contributed by atoms with E-state index in [0.717, 1.165) is 50.3 Å². The summed E-state index contributed by atoms with van der Waals surface area (Å²) < 4.78 is 0. The molecule has 1 atom stereocenters. The minimum absolute atomic E-state index is 0.154. The van der Waals surface area contributed by atoms with Gasteiger partial charge in [-0.15, -0.1) is 0 Å². The highest BCUT2D eigenvalue weighted by Crippen LogP contribution is 2.34. The summed E-state index contributed by atoms with van der Waals surface area (Å²) in [7, 11) is 0. The molecule has 2 heterocycles. The second-order valence-corrected chi connectivity index (χ2v) is 7.60. The van der Waals surface area contributed by atoms with E-state index in [1.54, 1.807) is 0 Å². The number of carbonyl (C=O) groups is 1. The lowest BCUT2D eigenvalue weighted by Crippen LogP contribution is -2.49. The smallest absolute Gasteiger partial charge is 0.224 e. The first kappa shape index (κ1) is 17.3. The molecule has 1 aromatic heterocycles. The van der Waals surface area contributed by atoms with Crippen LogP contribution in [-0.2, 0) is 11.3 Å². The number of hydrogen-bond donors (Lipinski definition) is 1. The van der Waals surface area contributed by atoms with Crippen LogP contribution in [0.15, 0.2) is 12.4 Å². The highest BCUT2D eigenvalue weighted by molar-refractivity contribution is 5.81. The van der Waals surface area contributed by atoms with Gasteiger partial charge in [-0.25, -0.2) is 9.97 Å². The van der Waals surface area contributed by atoms with Crippen molar-refractivity contribution in [2.24, 2.45) is 11.1 Å². The number of carbonyl (C=O) groups excluding carboxylic acids is 1. The van der Waals surface area contributed by atoms with Gasteiger partial charge in [0.2, 0.25) is 5.91 Å². The van der Waals surface area contributed by atoms with Gasteiger partial charge in [-0.1, -0.05) is 26.2 Å². The molecule has 1 saturated carbocycles. The van der Waals surface area contributed by atoms with Crippen LogP contribution in [0.5, 0.6) is 0 Å².